The molecule has 0 aliphatic carbocycles. The van der Waals surface area contributed by atoms with Gasteiger partial charge in [0.1, 0.15) is 12.3 Å². The first kappa shape index (κ1) is 32.9. The van der Waals surface area contributed by atoms with Crippen molar-refractivity contribution in [1.29, 1.82) is 0 Å². The maximum Gasteiger partial charge on any atom is 0.309 e. The van der Waals surface area contributed by atoms with E-state index in [9.17, 15) is 4.79 Å². The molecule has 0 saturated carbocycles. The quantitative estimate of drug-likeness (QED) is 0.0648. The zero-order valence-corrected chi connectivity index (χ0v) is 25.5. The van der Waals surface area contributed by atoms with E-state index in [1.165, 1.54) is 75.3 Å². The van der Waals surface area contributed by atoms with Gasteiger partial charge in [0.25, 0.3) is 0 Å². The number of quaternary nitrogens is 1. The van der Waals surface area contributed by atoms with Crippen molar-refractivity contribution in [2.45, 2.75) is 123 Å². The Hall–Kier alpha value is -2.33. The van der Waals surface area contributed by atoms with E-state index in [-0.39, 0.29) is 5.97 Å². The second-order valence-corrected chi connectivity index (χ2v) is 11.8. The summed E-state index contributed by atoms with van der Waals surface area (Å²) in [5.74, 6) is 0.695. The van der Waals surface area contributed by atoms with Gasteiger partial charge in [-0.1, -0.05) is 120 Å². The monoisotopic (exact) mass is 538 g/mol. The van der Waals surface area contributed by atoms with Crippen molar-refractivity contribution in [1.82, 2.24) is 0 Å². The minimum atomic E-state index is -0.525. The van der Waals surface area contributed by atoms with Crippen LogP contribution in [0.1, 0.15) is 115 Å². The normalized spacial score (nSPS) is 12.3. The minimum absolute atomic E-state index is 0.166. The van der Waals surface area contributed by atoms with Crippen LogP contribution in [0.4, 0.5) is 0 Å². The molecule has 2 rings (SSSR count). The van der Waals surface area contributed by atoms with Gasteiger partial charge < -0.3 is 14.0 Å². The van der Waals surface area contributed by atoms with Gasteiger partial charge in [-0.15, -0.1) is 0 Å². The van der Waals surface area contributed by atoms with Gasteiger partial charge in [0.05, 0.1) is 27.1 Å². The van der Waals surface area contributed by atoms with E-state index in [2.05, 4.69) is 64.3 Å². The zero-order valence-electron chi connectivity index (χ0n) is 25.5. The third-order valence-electron chi connectivity index (χ3n) is 7.42. The Morgan fingerprint density at radius 2 is 1.36 bits per heavy atom. The van der Waals surface area contributed by atoms with Crippen LogP contribution in [0, 0.1) is 0 Å². The van der Waals surface area contributed by atoms with Crippen LogP contribution in [0.5, 0.6) is 5.75 Å². The maximum atomic E-state index is 12.7. The van der Waals surface area contributed by atoms with Crippen LogP contribution in [-0.2, 0) is 22.5 Å². The molecule has 0 fully saturated rings. The lowest BCUT2D eigenvalue weighted by Gasteiger charge is -2.30. The van der Waals surface area contributed by atoms with Crippen molar-refractivity contribution < 1.29 is 18.8 Å². The SMILES string of the molecule is CCCCCCCCCCCCc1ccccc1OC(CCC)OC(=O)CCC[N+](C)(C)Cc1ccccc1. The minimum Gasteiger partial charge on any atom is -0.455 e. The van der Waals surface area contributed by atoms with Gasteiger partial charge in [0, 0.05) is 18.4 Å². The Morgan fingerprint density at radius 1 is 0.744 bits per heavy atom. The van der Waals surface area contributed by atoms with E-state index in [0.717, 1.165) is 42.6 Å². The third kappa shape index (κ3) is 15.1. The number of esters is 1. The molecule has 1 atom stereocenters. The number of rotatable bonds is 22. The molecule has 0 aliphatic rings. The molecule has 0 amide bonds. The molecule has 0 aliphatic heterocycles. The van der Waals surface area contributed by atoms with Gasteiger partial charge in [-0.05, 0) is 30.9 Å². The van der Waals surface area contributed by atoms with Crippen molar-refractivity contribution >= 4 is 5.97 Å². The average Bonchev–Trinajstić information content (AvgIpc) is 2.91. The lowest BCUT2D eigenvalue weighted by Crippen LogP contribution is -2.39. The first-order valence-corrected chi connectivity index (χ1v) is 15.7. The summed E-state index contributed by atoms with van der Waals surface area (Å²) in [4.78, 5) is 12.7. The summed E-state index contributed by atoms with van der Waals surface area (Å²) in [6, 6.07) is 18.8. The molecule has 4 heteroatoms. The number of carbonyl (C=O) groups is 1. The largest absolute Gasteiger partial charge is 0.455 e. The molecule has 0 N–H and O–H groups in total. The van der Waals surface area contributed by atoms with Gasteiger partial charge in [-0.2, -0.15) is 0 Å². The number of para-hydroxylation sites is 1. The average molecular weight is 539 g/mol. The number of hydrogen-bond donors (Lipinski definition) is 0. The lowest BCUT2D eigenvalue weighted by molar-refractivity contribution is -0.903. The zero-order chi connectivity index (χ0) is 28.2. The second-order valence-electron chi connectivity index (χ2n) is 11.8. The van der Waals surface area contributed by atoms with Crippen molar-refractivity contribution in [3.8, 4) is 5.75 Å². The molecular weight excluding hydrogens is 482 g/mol. The summed E-state index contributed by atoms with van der Waals surface area (Å²) in [6.07, 6.45) is 16.7. The van der Waals surface area contributed by atoms with Crippen LogP contribution in [0.15, 0.2) is 54.6 Å². The molecule has 4 nitrogen and oxygen atoms in total. The van der Waals surface area contributed by atoms with Gasteiger partial charge in [-0.25, -0.2) is 0 Å². The van der Waals surface area contributed by atoms with Gasteiger partial charge >= 0.3 is 5.97 Å². The summed E-state index contributed by atoms with van der Waals surface area (Å²) in [7, 11) is 4.43. The smallest absolute Gasteiger partial charge is 0.309 e. The number of nitrogens with zero attached hydrogens (tertiary/aromatic N) is 1. The number of ether oxygens (including phenoxy) is 2. The van der Waals surface area contributed by atoms with E-state index in [4.69, 9.17) is 9.47 Å². The van der Waals surface area contributed by atoms with E-state index in [0.29, 0.717) is 12.8 Å². The highest BCUT2D eigenvalue weighted by atomic mass is 16.7. The second kappa shape index (κ2) is 19.7. The molecule has 0 saturated heterocycles. The Morgan fingerprint density at radius 3 is 2.03 bits per heavy atom. The first-order chi connectivity index (χ1) is 18.9. The fraction of sp³-hybridized carbons (Fsp3) is 0.629. The van der Waals surface area contributed by atoms with Crippen LogP contribution in [0.2, 0.25) is 0 Å². The summed E-state index contributed by atoms with van der Waals surface area (Å²) in [5, 5.41) is 0. The third-order valence-corrected chi connectivity index (χ3v) is 7.42. The Bertz CT molecular complexity index is 896. The van der Waals surface area contributed by atoms with E-state index < -0.39 is 6.29 Å². The molecule has 0 bridgehead atoms. The molecule has 0 aromatic heterocycles. The lowest BCUT2D eigenvalue weighted by atomic mass is 10.0. The highest BCUT2D eigenvalue weighted by molar-refractivity contribution is 5.69. The van der Waals surface area contributed by atoms with Crippen LogP contribution in [-0.4, -0.2) is 37.4 Å². The summed E-state index contributed by atoms with van der Waals surface area (Å²) in [5.41, 5.74) is 2.53. The fourth-order valence-electron chi connectivity index (χ4n) is 5.16. The fourth-order valence-corrected chi connectivity index (χ4v) is 5.16. The maximum absolute atomic E-state index is 12.7. The molecule has 0 radical (unpaired) electrons. The molecule has 218 valence electrons. The van der Waals surface area contributed by atoms with Crippen LogP contribution in [0.3, 0.4) is 0 Å². The molecule has 2 aromatic carbocycles. The summed E-state index contributed by atoms with van der Waals surface area (Å²) >= 11 is 0. The van der Waals surface area contributed by atoms with Crippen LogP contribution >= 0.6 is 0 Å². The molecule has 0 heterocycles. The van der Waals surface area contributed by atoms with Gasteiger partial charge in [-0.3, -0.25) is 4.79 Å². The standard InChI is InChI=1S/C35H56NO3/c1-5-7-8-9-10-11-12-13-14-18-25-32-26-19-20-27-33(32)38-35(22-6-2)39-34(37)28-21-29-36(3,4)30-31-23-16-15-17-24-31/h15-17,19-20,23-24,26-27,35H,5-14,18,21-22,25,28-30H2,1-4H3/q+1. The number of benzene rings is 2. The topological polar surface area (TPSA) is 35.5 Å². The number of carbonyl (C=O) groups excluding carboxylic acids is 1. The number of unbranched alkanes of at least 4 members (excludes halogenated alkanes) is 9. The van der Waals surface area contributed by atoms with E-state index in [1.54, 1.807) is 0 Å². The molecule has 0 spiro atoms. The highest BCUT2D eigenvalue weighted by Gasteiger charge is 2.20. The predicted molar refractivity (Wildman–Crippen MR) is 164 cm³/mol. The Balaban J connectivity index is 1.73. The predicted octanol–water partition coefficient (Wildman–Crippen LogP) is 9.26. The van der Waals surface area contributed by atoms with Crippen molar-refractivity contribution in [3.05, 3.63) is 65.7 Å². The summed E-state index contributed by atoms with van der Waals surface area (Å²) < 4.78 is 12.9. The van der Waals surface area contributed by atoms with Crippen LogP contribution in [0.25, 0.3) is 0 Å². The Kier molecular flexibility index (Phi) is 16.6. The number of aryl methyl sites for hydroxylation is 1. The van der Waals surface area contributed by atoms with Crippen molar-refractivity contribution in [2.24, 2.45) is 0 Å². The van der Waals surface area contributed by atoms with Crippen molar-refractivity contribution in [3.63, 3.8) is 0 Å². The molecular formula is C35H56NO3+. The molecule has 2 aromatic rings. The van der Waals surface area contributed by atoms with E-state index in [1.807, 2.05) is 18.2 Å². The van der Waals surface area contributed by atoms with E-state index >= 15 is 0 Å². The molecule has 1 unspecified atom stereocenters. The Labute approximate surface area is 239 Å². The van der Waals surface area contributed by atoms with Crippen molar-refractivity contribution in [2.75, 3.05) is 20.6 Å². The van der Waals surface area contributed by atoms with Crippen LogP contribution < -0.4 is 4.74 Å². The molecule has 39 heavy (non-hydrogen) atoms. The van der Waals surface area contributed by atoms with Gasteiger partial charge in [0.15, 0.2) is 0 Å². The highest BCUT2D eigenvalue weighted by Crippen LogP contribution is 2.24. The number of hydrogen-bond acceptors (Lipinski definition) is 3. The summed E-state index contributed by atoms with van der Waals surface area (Å²) in [6.45, 7) is 6.25. The first-order valence-electron chi connectivity index (χ1n) is 15.7. The van der Waals surface area contributed by atoms with Gasteiger partial charge in [0.2, 0.25) is 6.29 Å².